The van der Waals surface area contributed by atoms with Crippen LogP contribution in [-0.4, -0.2) is 36.9 Å². The van der Waals surface area contributed by atoms with Gasteiger partial charge in [0.15, 0.2) is 0 Å². The Hall–Kier alpha value is -3.35. The number of para-hydroxylation sites is 2. The fourth-order valence-corrected chi connectivity index (χ4v) is 2.84. The Morgan fingerprint density at radius 2 is 1.43 bits per heavy atom. The predicted octanol–water partition coefficient (Wildman–Crippen LogP) is 3.90. The van der Waals surface area contributed by atoms with Crippen molar-refractivity contribution in [2.45, 2.75) is 12.5 Å². The maximum absolute atomic E-state index is 12.0. The van der Waals surface area contributed by atoms with Crippen molar-refractivity contribution in [2.24, 2.45) is 0 Å². The summed E-state index contributed by atoms with van der Waals surface area (Å²) < 4.78 is 5.54. The van der Waals surface area contributed by atoms with Crippen LogP contribution in [0.15, 0.2) is 84.9 Å². The number of urea groups is 1. The summed E-state index contributed by atoms with van der Waals surface area (Å²) in [4.78, 5) is 12.0. The monoisotopic (exact) mass is 405 g/mol. The van der Waals surface area contributed by atoms with Crippen LogP contribution in [0, 0.1) is 0 Å². The van der Waals surface area contributed by atoms with Crippen molar-refractivity contribution in [3.8, 4) is 5.75 Å². The van der Waals surface area contributed by atoms with Gasteiger partial charge in [-0.1, -0.05) is 48.5 Å². The SMILES string of the molecule is O=C(Nc1ccccc1)Nc1ccc(CCNC[C@H](O)COc2ccccc2)cc1. The lowest BCUT2D eigenvalue weighted by Gasteiger charge is -2.13. The van der Waals surface area contributed by atoms with E-state index in [0.29, 0.717) is 6.54 Å². The highest BCUT2D eigenvalue weighted by molar-refractivity contribution is 5.99. The van der Waals surface area contributed by atoms with Crippen molar-refractivity contribution in [3.63, 3.8) is 0 Å². The Kier molecular flexibility index (Phi) is 8.26. The first-order chi connectivity index (χ1) is 14.7. The van der Waals surface area contributed by atoms with Crippen LogP contribution < -0.4 is 20.7 Å². The number of hydrogen-bond donors (Lipinski definition) is 4. The molecule has 0 aliphatic rings. The normalized spacial score (nSPS) is 11.5. The van der Waals surface area contributed by atoms with E-state index >= 15 is 0 Å². The second-order valence-corrected chi connectivity index (χ2v) is 6.87. The standard InChI is InChI=1S/C24H27N3O3/c28-22(18-30-23-9-5-2-6-10-23)17-25-16-15-19-11-13-21(14-12-19)27-24(29)26-20-7-3-1-4-8-20/h1-14,22,25,28H,15-18H2,(H2,26,27,29)/t22-/m0/s1. The summed E-state index contributed by atoms with van der Waals surface area (Å²) in [6.45, 7) is 1.46. The zero-order valence-corrected chi connectivity index (χ0v) is 16.8. The van der Waals surface area contributed by atoms with Gasteiger partial charge in [0.2, 0.25) is 0 Å². The summed E-state index contributed by atoms with van der Waals surface area (Å²) in [6, 6.07) is 26.2. The first-order valence-corrected chi connectivity index (χ1v) is 9.98. The van der Waals surface area contributed by atoms with Crippen LogP contribution in [0.5, 0.6) is 5.75 Å². The minimum absolute atomic E-state index is 0.252. The number of ether oxygens (including phenoxy) is 1. The van der Waals surface area contributed by atoms with Crippen molar-refractivity contribution in [3.05, 3.63) is 90.5 Å². The second-order valence-electron chi connectivity index (χ2n) is 6.87. The summed E-state index contributed by atoms with van der Waals surface area (Å²) >= 11 is 0. The molecule has 0 radical (unpaired) electrons. The molecule has 0 saturated heterocycles. The van der Waals surface area contributed by atoms with Gasteiger partial charge < -0.3 is 25.8 Å². The smallest absolute Gasteiger partial charge is 0.323 e. The molecule has 3 rings (SSSR count). The molecule has 0 saturated carbocycles. The molecule has 0 aromatic heterocycles. The molecule has 156 valence electrons. The number of aliphatic hydroxyl groups excluding tert-OH is 1. The zero-order valence-electron chi connectivity index (χ0n) is 16.8. The number of hydrogen-bond acceptors (Lipinski definition) is 4. The second kappa shape index (κ2) is 11.6. The average Bonchev–Trinajstić information content (AvgIpc) is 2.78. The van der Waals surface area contributed by atoms with Gasteiger partial charge in [0.1, 0.15) is 18.5 Å². The van der Waals surface area contributed by atoms with Crippen molar-refractivity contribution < 1.29 is 14.6 Å². The van der Waals surface area contributed by atoms with Crippen molar-refractivity contribution >= 4 is 17.4 Å². The molecule has 6 heteroatoms. The van der Waals surface area contributed by atoms with Gasteiger partial charge in [-0.25, -0.2) is 4.79 Å². The van der Waals surface area contributed by atoms with Crippen molar-refractivity contribution in [1.29, 1.82) is 0 Å². The lowest BCUT2D eigenvalue weighted by Crippen LogP contribution is -2.32. The van der Waals surface area contributed by atoms with Crippen LogP contribution in [0.2, 0.25) is 0 Å². The van der Waals surface area contributed by atoms with E-state index in [1.165, 1.54) is 0 Å². The van der Waals surface area contributed by atoms with Crippen LogP contribution in [0.4, 0.5) is 16.2 Å². The van der Waals surface area contributed by atoms with Crippen LogP contribution in [-0.2, 0) is 6.42 Å². The largest absolute Gasteiger partial charge is 0.491 e. The van der Waals surface area contributed by atoms with Crippen LogP contribution in [0.25, 0.3) is 0 Å². The van der Waals surface area contributed by atoms with E-state index in [1.807, 2.05) is 84.9 Å². The van der Waals surface area contributed by atoms with Crippen molar-refractivity contribution in [2.75, 3.05) is 30.3 Å². The van der Waals surface area contributed by atoms with Gasteiger partial charge in [0.25, 0.3) is 0 Å². The van der Waals surface area contributed by atoms with E-state index in [-0.39, 0.29) is 12.6 Å². The maximum atomic E-state index is 12.0. The Bertz CT molecular complexity index is 887. The summed E-state index contributed by atoms with van der Waals surface area (Å²) in [7, 11) is 0. The van der Waals surface area contributed by atoms with Crippen LogP contribution in [0.1, 0.15) is 5.56 Å². The molecule has 0 heterocycles. The summed E-state index contributed by atoms with van der Waals surface area (Å²) in [5.41, 5.74) is 2.62. The van der Waals surface area contributed by atoms with Crippen molar-refractivity contribution in [1.82, 2.24) is 5.32 Å². The number of rotatable bonds is 10. The number of aliphatic hydroxyl groups is 1. The first kappa shape index (κ1) is 21.4. The highest BCUT2D eigenvalue weighted by Crippen LogP contribution is 2.12. The van der Waals surface area contributed by atoms with E-state index in [1.54, 1.807) is 0 Å². The molecule has 1 atom stereocenters. The molecule has 2 amide bonds. The van der Waals surface area contributed by atoms with E-state index < -0.39 is 6.10 Å². The minimum Gasteiger partial charge on any atom is -0.491 e. The molecule has 0 aliphatic heterocycles. The number of carbonyl (C=O) groups excluding carboxylic acids is 1. The average molecular weight is 405 g/mol. The lowest BCUT2D eigenvalue weighted by atomic mass is 10.1. The van der Waals surface area contributed by atoms with Gasteiger partial charge >= 0.3 is 6.03 Å². The Morgan fingerprint density at radius 1 is 0.833 bits per heavy atom. The van der Waals surface area contributed by atoms with Gasteiger partial charge in [-0.15, -0.1) is 0 Å². The molecule has 30 heavy (non-hydrogen) atoms. The van der Waals surface area contributed by atoms with Gasteiger partial charge in [0, 0.05) is 17.9 Å². The van der Waals surface area contributed by atoms with E-state index in [2.05, 4.69) is 16.0 Å². The number of anilines is 2. The number of nitrogens with one attached hydrogen (secondary N) is 3. The van der Waals surface area contributed by atoms with Gasteiger partial charge in [0.05, 0.1) is 0 Å². The van der Waals surface area contributed by atoms with Gasteiger partial charge in [-0.3, -0.25) is 0 Å². The quantitative estimate of drug-likeness (QED) is 0.386. The fraction of sp³-hybridized carbons (Fsp3) is 0.208. The molecular weight excluding hydrogens is 378 g/mol. The number of carbonyl (C=O) groups is 1. The molecule has 6 nitrogen and oxygen atoms in total. The molecule has 3 aromatic carbocycles. The molecule has 3 aromatic rings. The molecule has 0 spiro atoms. The summed E-state index contributed by atoms with van der Waals surface area (Å²) in [5.74, 6) is 0.752. The highest BCUT2D eigenvalue weighted by atomic mass is 16.5. The minimum atomic E-state index is -0.570. The zero-order chi connectivity index (χ0) is 21.0. The van der Waals surface area contributed by atoms with Crippen LogP contribution in [0.3, 0.4) is 0 Å². The third-order valence-corrected chi connectivity index (χ3v) is 4.40. The van der Waals surface area contributed by atoms with Crippen LogP contribution >= 0.6 is 0 Å². The van der Waals surface area contributed by atoms with E-state index in [9.17, 15) is 9.90 Å². The maximum Gasteiger partial charge on any atom is 0.323 e. The number of benzene rings is 3. The molecule has 0 bridgehead atoms. The molecular formula is C24H27N3O3. The lowest BCUT2D eigenvalue weighted by molar-refractivity contribution is 0.106. The van der Waals surface area contributed by atoms with Gasteiger partial charge in [-0.05, 0) is 54.9 Å². The van der Waals surface area contributed by atoms with Gasteiger partial charge in [-0.2, -0.15) is 0 Å². The molecule has 0 fully saturated rings. The topological polar surface area (TPSA) is 82.6 Å². The van der Waals surface area contributed by atoms with E-state index in [4.69, 9.17) is 4.74 Å². The third-order valence-electron chi connectivity index (χ3n) is 4.40. The Balaban J connectivity index is 1.32. The fourth-order valence-electron chi connectivity index (χ4n) is 2.84. The number of amides is 2. The predicted molar refractivity (Wildman–Crippen MR) is 120 cm³/mol. The first-order valence-electron chi connectivity index (χ1n) is 9.98. The Morgan fingerprint density at radius 3 is 2.10 bits per heavy atom. The third kappa shape index (κ3) is 7.58. The highest BCUT2D eigenvalue weighted by Gasteiger charge is 2.05. The summed E-state index contributed by atoms with van der Waals surface area (Å²) in [5, 5.41) is 18.8. The molecule has 0 unspecified atom stereocenters. The molecule has 4 N–H and O–H groups in total. The Labute approximate surface area is 176 Å². The molecule has 0 aliphatic carbocycles. The summed E-state index contributed by atoms with van der Waals surface area (Å²) in [6.07, 6.45) is 0.253. The van der Waals surface area contributed by atoms with E-state index in [0.717, 1.165) is 35.7 Å².